The first kappa shape index (κ1) is 16.5. The highest BCUT2D eigenvalue weighted by molar-refractivity contribution is 6.08. The second kappa shape index (κ2) is 7.49. The molecule has 3 heteroatoms. The normalized spacial score (nSPS) is 10.9. The minimum Gasteiger partial charge on any atom is -0.508 e. The standard InChI is InChI=1S/C22H18O3/c23-20-12-10-17(15-18(20)14-16-6-2-1-3-7-16)11-13-22(25)19-8-4-5-9-21(19)24/h1-13,15,23-24H,14H2. The van der Waals surface area contributed by atoms with Gasteiger partial charge >= 0.3 is 0 Å². The topological polar surface area (TPSA) is 57.5 Å². The monoisotopic (exact) mass is 330 g/mol. The lowest BCUT2D eigenvalue weighted by Gasteiger charge is -2.06. The Hall–Kier alpha value is -3.33. The highest BCUT2D eigenvalue weighted by atomic mass is 16.3. The van der Waals surface area contributed by atoms with Crippen molar-refractivity contribution in [1.82, 2.24) is 0 Å². The van der Waals surface area contributed by atoms with E-state index in [1.807, 2.05) is 36.4 Å². The summed E-state index contributed by atoms with van der Waals surface area (Å²) in [5.74, 6) is -0.0727. The predicted octanol–water partition coefficient (Wildman–Crippen LogP) is 4.58. The van der Waals surface area contributed by atoms with Crippen molar-refractivity contribution in [2.75, 3.05) is 0 Å². The number of hydrogen-bond donors (Lipinski definition) is 2. The first-order chi connectivity index (χ1) is 12.1. The van der Waals surface area contributed by atoms with E-state index in [1.54, 1.807) is 36.4 Å². The van der Waals surface area contributed by atoms with E-state index in [2.05, 4.69) is 0 Å². The summed E-state index contributed by atoms with van der Waals surface area (Å²) in [6.45, 7) is 0. The zero-order valence-corrected chi connectivity index (χ0v) is 13.6. The molecule has 0 aliphatic heterocycles. The number of ketones is 1. The fraction of sp³-hybridized carbons (Fsp3) is 0.0455. The maximum atomic E-state index is 12.2. The maximum absolute atomic E-state index is 12.2. The molecular formula is C22H18O3. The Morgan fingerprint density at radius 1 is 0.840 bits per heavy atom. The summed E-state index contributed by atoms with van der Waals surface area (Å²) in [6.07, 6.45) is 3.72. The van der Waals surface area contributed by atoms with Crippen LogP contribution >= 0.6 is 0 Å². The number of phenols is 2. The molecule has 0 amide bonds. The molecule has 0 aliphatic carbocycles. The SMILES string of the molecule is O=C(C=Cc1ccc(O)c(Cc2ccccc2)c1)c1ccccc1O. The molecule has 0 radical (unpaired) electrons. The third-order valence-corrected chi connectivity index (χ3v) is 3.94. The van der Waals surface area contributed by atoms with Crippen LogP contribution in [0.2, 0.25) is 0 Å². The van der Waals surface area contributed by atoms with Gasteiger partial charge in [0, 0.05) is 6.42 Å². The van der Waals surface area contributed by atoms with E-state index in [0.717, 1.165) is 16.7 Å². The number of phenolic OH excluding ortho intramolecular Hbond substituents is 2. The van der Waals surface area contributed by atoms with E-state index in [-0.39, 0.29) is 22.8 Å². The molecule has 0 heterocycles. The fourth-order valence-electron chi connectivity index (χ4n) is 2.61. The minimum absolute atomic E-state index is 0.0346. The predicted molar refractivity (Wildman–Crippen MR) is 98.8 cm³/mol. The summed E-state index contributed by atoms with van der Waals surface area (Å²) >= 11 is 0. The van der Waals surface area contributed by atoms with Crippen molar-refractivity contribution in [3.63, 3.8) is 0 Å². The molecule has 25 heavy (non-hydrogen) atoms. The van der Waals surface area contributed by atoms with E-state index in [0.29, 0.717) is 6.42 Å². The van der Waals surface area contributed by atoms with E-state index >= 15 is 0 Å². The van der Waals surface area contributed by atoms with Crippen LogP contribution in [-0.4, -0.2) is 16.0 Å². The molecule has 0 fully saturated rings. The highest BCUT2D eigenvalue weighted by Crippen LogP contribution is 2.23. The Kier molecular flexibility index (Phi) is 4.95. The average Bonchev–Trinajstić information content (AvgIpc) is 2.63. The van der Waals surface area contributed by atoms with Gasteiger partial charge in [-0.05, 0) is 47.0 Å². The summed E-state index contributed by atoms with van der Waals surface area (Å²) < 4.78 is 0. The second-order valence-electron chi connectivity index (χ2n) is 5.77. The first-order valence-electron chi connectivity index (χ1n) is 8.00. The van der Waals surface area contributed by atoms with Crippen molar-refractivity contribution in [2.45, 2.75) is 6.42 Å². The van der Waals surface area contributed by atoms with Gasteiger partial charge in [0.2, 0.25) is 0 Å². The lowest BCUT2D eigenvalue weighted by molar-refractivity contribution is 0.104. The molecule has 0 aliphatic rings. The second-order valence-corrected chi connectivity index (χ2v) is 5.77. The number of aromatic hydroxyl groups is 2. The van der Waals surface area contributed by atoms with Gasteiger partial charge < -0.3 is 10.2 Å². The Bertz CT molecular complexity index is 912. The molecule has 0 spiro atoms. The molecule has 3 nitrogen and oxygen atoms in total. The van der Waals surface area contributed by atoms with Gasteiger partial charge in [0.25, 0.3) is 0 Å². The number of carbonyl (C=O) groups excluding carboxylic acids is 1. The smallest absolute Gasteiger partial charge is 0.189 e. The highest BCUT2D eigenvalue weighted by Gasteiger charge is 2.07. The molecule has 3 aromatic rings. The van der Waals surface area contributed by atoms with Gasteiger partial charge in [-0.3, -0.25) is 4.79 Å². The largest absolute Gasteiger partial charge is 0.508 e. The Morgan fingerprint density at radius 3 is 2.32 bits per heavy atom. The maximum Gasteiger partial charge on any atom is 0.189 e. The Labute approximate surface area is 146 Å². The van der Waals surface area contributed by atoms with E-state index < -0.39 is 0 Å². The van der Waals surface area contributed by atoms with Crippen LogP contribution in [0.4, 0.5) is 0 Å². The number of para-hydroxylation sites is 1. The van der Waals surface area contributed by atoms with Crippen LogP contribution in [0.5, 0.6) is 11.5 Å². The average molecular weight is 330 g/mol. The van der Waals surface area contributed by atoms with Gasteiger partial charge in [0.15, 0.2) is 5.78 Å². The van der Waals surface area contributed by atoms with Crippen molar-refractivity contribution in [3.8, 4) is 11.5 Å². The summed E-state index contributed by atoms with van der Waals surface area (Å²) in [4.78, 5) is 12.2. The lowest BCUT2D eigenvalue weighted by atomic mass is 10.0. The van der Waals surface area contributed by atoms with Gasteiger partial charge in [-0.15, -0.1) is 0 Å². The number of carbonyl (C=O) groups is 1. The van der Waals surface area contributed by atoms with Gasteiger partial charge in [-0.2, -0.15) is 0 Å². The van der Waals surface area contributed by atoms with E-state index in [4.69, 9.17) is 0 Å². The van der Waals surface area contributed by atoms with Gasteiger partial charge in [-0.1, -0.05) is 54.6 Å². The zero-order chi connectivity index (χ0) is 17.6. The summed E-state index contributed by atoms with van der Waals surface area (Å²) in [5.41, 5.74) is 2.97. The Morgan fingerprint density at radius 2 is 1.56 bits per heavy atom. The van der Waals surface area contributed by atoms with E-state index in [1.165, 1.54) is 12.1 Å². The lowest BCUT2D eigenvalue weighted by Crippen LogP contribution is -1.94. The number of benzene rings is 3. The molecule has 0 atom stereocenters. The van der Waals surface area contributed by atoms with Crippen molar-refractivity contribution >= 4 is 11.9 Å². The molecule has 0 saturated heterocycles. The van der Waals surface area contributed by atoms with Crippen molar-refractivity contribution < 1.29 is 15.0 Å². The quantitative estimate of drug-likeness (QED) is 0.531. The van der Waals surface area contributed by atoms with Crippen molar-refractivity contribution in [1.29, 1.82) is 0 Å². The third-order valence-electron chi connectivity index (χ3n) is 3.94. The van der Waals surface area contributed by atoms with Gasteiger partial charge in [0.05, 0.1) is 5.56 Å². The molecule has 2 N–H and O–H groups in total. The van der Waals surface area contributed by atoms with Crippen LogP contribution in [0.25, 0.3) is 6.08 Å². The molecule has 0 aromatic heterocycles. The summed E-state index contributed by atoms with van der Waals surface area (Å²) in [6, 6.07) is 21.6. The first-order valence-corrected chi connectivity index (χ1v) is 8.00. The van der Waals surface area contributed by atoms with Gasteiger partial charge in [0.1, 0.15) is 11.5 Å². The molecule has 3 rings (SSSR count). The summed E-state index contributed by atoms with van der Waals surface area (Å²) in [5, 5.41) is 19.8. The fourth-order valence-corrected chi connectivity index (χ4v) is 2.61. The third kappa shape index (κ3) is 4.15. The molecule has 0 unspecified atom stereocenters. The molecule has 3 aromatic carbocycles. The van der Waals surface area contributed by atoms with Crippen LogP contribution < -0.4 is 0 Å². The molecular weight excluding hydrogens is 312 g/mol. The number of rotatable bonds is 5. The van der Waals surface area contributed by atoms with Crippen LogP contribution in [0.1, 0.15) is 27.0 Å². The number of allylic oxidation sites excluding steroid dienone is 1. The number of hydrogen-bond acceptors (Lipinski definition) is 3. The molecule has 0 saturated carbocycles. The van der Waals surface area contributed by atoms with Gasteiger partial charge in [-0.25, -0.2) is 0 Å². The minimum atomic E-state index is -0.268. The molecule has 124 valence electrons. The van der Waals surface area contributed by atoms with Crippen LogP contribution in [-0.2, 0) is 6.42 Å². The zero-order valence-electron chi connectivity index (χ0n) is 13.6. The van der Waals surface area contributed by atoms with Crippen LogP contribution in [0.15, 0.2) is 78.9 Å². The van der Waals surface area contributed by atoms with Crippen molar-refractivity contribution in [2.24, 2.45) is 0 Å². The van der Waals surface area contributed by atoms with E-state index in [9.17, 15) is 15.0 Å². The van der Waals surface area contributed by atoms with Crippen LogP contribution in [0, 0.1) is 0 Å². The molecule has 0 bridgehead atoms. The Balaban J connectivity index is 1.80. The summed E-state index contributed by atoms with van der Waals surface area (Å²) in [7, 11) is 0. The van der Waals surface area contributed by atoms with Crippen molar-refractivity contribution in [3.05, 3.63) is 101 Å². The van der Waals surface area contributed by atoms with Crippen LogP contribution in [0.3, 0.4) is 0 Å².